The maximum Gasteiger partial charge on any atom is 0.253 e. The Morgan fingerprint density at radius 3 is 2.55 bits per heavy atom. The first-order chi connectivity index (χ1) is 14.1. The minimum atomic E-state index is -0.299. The SMILES string of the molecule is CN(CCCOc1ccc(F)cc1)C(=O)c1ccnc(OCc2ccccc2)c1. The molecule has 0 aliphatic carbocycles. The van der Waals surface area contributed by atoms with E-state index in [0.29, 0.717) is 43.4 Å². The average molecular weight is 394 g/mol. The molecule has 0 unspecified atom stereocenters. The monoisotopic (exact) mass is 394 g/mol. The molecule has 150 valence electrons. The number of nitrogens with zero attached hydrogens (tertiary/aromatic N) is 2. The highest BCUT2D eigenvalue weighted by molar-refractivity contribution is 5.94. The summed E-state index contributed by atoms with van der Waals surface area (Å²) in [5.41, 5.74) is 1.55. The minimum absolute atomic E-state index is 0.112. The van der Waals surface area contributed by atoms with Crippen molar-refractivity contribution >= 4 is 5.91 Å². The molecule has 0 radical (unpaired) electrons. The second kappa shape index (κ2) is 10.2. The van der Waals surface area contributed by atoms with Crippen molar-refractivity contribution in [2.45, 2.75) is 13.0 Å². The molecule has 1 amide bonds. The lowest BCUT2D eigenvalue weighted by atomic mass is 10.2. The van der Waals surface area contributed by atoms with Crippen LogP contribution in [-0.2, 0) is 6.61 Å². The molecule has 0 aliphatic rings. The lowest BCUT2D eigenvalue weighted by Crippen LogP contribution is -2.28. The van der Waals surface area contributed by atoms with E-state index in [9.17, 15) is 9.18 Å². The first-order valence-corrected chi connectivity index (χ1v) is 9.38. The highest BCUT2D eigenvalue weighted by atomic mass is 19.1. The van der Waals surface area contributed by atoms with Gasteiger partial charge in [-0.3, -0.25) is 4.79 Å². The molecule has 5 nitrogen and oxygen atoms in total. The molecule has 1 heterocycles. The van der Waals surface area contributed by atoms with Gasteiger partial charge >= 0.3 is 0 Å². The van der Waals surface area contributed by atoms with Crippen LogP contribution in [0.3, 0.4) is 0 Å². The summed E-state index contributed by atoms with van der Waals surface area (Å²) >= 11 is 0. The predicted octanol–water partition coefficient (Wildman–Crippen LogP) is 4.34. The summed E-state index contributed by atoms with van der Waals surface area (Å²) in [6.07, 6.45) is 2.22. The Balaban J connectivity index is 1.46. The van der Waals surface area contributed by atoms with Gasteiger partial charge in [0.1, 0.15) is 18.2 Å². The van der Waals surface area contributed by atoms with Crippen LogP contribution in [0.25, 0.3) is 0 Å². The molecule has 0 saturated carbocycles. The van der Waals surface area contributed by atoms with Gasteiger partial charge in [-0.2, -0.15) is 0 Å². The van der Waals surface area contributed by atoms with E-state index >= 15 is 0 Å². The van der Waals surface area contributed by atoms with Crippen LogP contribution in [0.15, 0.2) is 72.9 Å². The molecule has 0 bridgehead atoms. The predicted molar refractivity (Wildman–Crippen MR) is 108 cm³/mol. The highest BCUT2D eigenvalue weighted by Crippen LogP contribution is 2.14. The topological polar surface area (TPSA) is 51.7 Å². The van der Waals surface area contributed by atoms with Crippen LogP contribution >= 0.6 is 0 Å². The number of carbonyl (C=O) groups excluding carboxylic acids is 1. The van der Waals surface area contributed by atoms with Crippen molar-refractivity contribution in [3.8, 4) is 11.6 Å². The first kappa shape index (κ1) is 20.3. The summed E-state index contributed by atoms with van der Waals surface area (Å²) in [6, 6.07) is 19.0. The van der Waals surface area contributed by atoms with Crippen molar-refractivity contribution in [3.05, 3.63) is 89.9 Å². The van der Waals surface area contributed by atoms with Crippen molar-refractivity contribution in [1.82, 2.24) is 9.88 Å². The molecule has 1 aromatic heterocycles. The number of ether oxygens (including phenoxy) is 2. The zero-order valence-electron chi connectivity index (χ0n) is 16.3. The van der Waals surface area contributed by atoms with E-state index in [2.05, 4.69) is 4.98 Å². The summed E-state index contributed by atoms with van der Waals surface area (Å²) < 4.78 is 24.1. The van der Waals surface area contributed by atoms with E-state index in [4.69, 9.17) is 9.47 Å². The first-order valence-electron chi connectivity index (χ1n) is 9.38. The lowest BCUT2D eigenvalue weighted by molar-refractivity contribution is 0.0787. The molecule has 3 rings (SSSR count). The Kier molecular flexibility index (Phi) is 7.16. The van der Waals surface area contributed by atoms with Crippen molar-refractivity contribution in [1.29, 1.82) is 0 Å². The van der Waals surface area contributed by atoms with Gasteiger partial charge in [-0.15, -0.1) is 0 Å². The molecule has 2 aromatic carbocycles. The molecule has 0 N–H and O–H groups in total. The molecule has 3 aromatic rings. The summed E-state index contributed by atoms with van der Waals surface area (Å²) in [5.74, 6) is 0.605. The summed E-state index contributed by atoms with van der Waals surface area (Å²) in [7, 11) is 1.74. The van der Waals surface area contributed by atoms with E-state index in [1.807, 2.05) is 30.3 Å². The molecule has 0 fully saturated rings. The number of carbonyl (C=O) groups is 1. The average Bonchev–Trinajstić information content (AvgIpc) is 2.77. The van der Waals surface area contributed by atoms with Crippen LogP contribution in [0.2, 0.25) is 0 Å². The molecule has 0 saturated heterocycles. The Morgan fingerprint density at radius 1 is 1.03 bits per heavy atom. The fourth-order valence-corrected chi connectivity index (χ4v) is 2.70. The van der Waals surface area contributed by atoms with Crippen LogP contribution in [0, 0.1) is 5.82 Å². The molecule has 0 spiro atoms. The molecular formula is C23H23FN2O3. The zero-order chi connectivity index (χ0) is 20.5. The standard InChI is InChI=1S/C23H23FN2O3/c1-26(14-5-15-28-21-10-8-20(24)9-11-21)23(27)19-12-13-25-22(16-19)29-17-18-6-3-2-4-7-18/h2-4,6-13,16H,5,14-15,17H2,1H3. The fraction of sp³-hybridized carbons (Fsp3) is 0.217. The number of pyridine rings is 1. The smallest absolute Gasteiger partial charge is 0.253 e. The quantitative estimate of drug-likeness (QED) is 0.507. The number of amides is 1. The van der Waals surface area contributed by atoms with Gasteiger partial charge < -0.3 is 14.4 Å². The van der Waals surface area contributed by atoms with Crippen molar-refractivity contribution in [3.63, 3.8) is 0 Å². The van der Waals surface area contributed by atoms with Gasteiger partial charge in [-0.25, -0.2) is 9.37 Å². The number of hydrogen-bond donors (Lipinski definition) is 0. The third-order valence-corrected chi connectivity index (χ3v) is 4.28. The van der Waals surface area contributed by atoms with Crippen LogP contribution in [0.1, 0.15) is 22.3 Å². The van der Waals surface area contributed by atoms with Crippen LogP contribution < -0.4 is 9.47 Å². The number of halogens is 1. The number of benzene rings is 2. The summed E-state index contributed by atoms with van der Waals surface area (Å²) in [5, 5.41) is 0. The van der Waals surface area contributed by atoms with Gasteiger partial charge in [0, 0.05) is 31.4 Å². The molecule has 0 atom stereocenters. The van der Waals surface area contributed by atoms with Crippen molar-refractivity contribution in [2.75, 3.05) is 20.2 Å². The third-order valence-electron chi connectivity index (χ3n) is 4.28. The van der Waals surface area contributed by atoms with Crippen molar-refractivity contribution < 1.29 is 18.7 Å². The normalized spacial score (nSPS) is 10.4. The Bertz CT molecular complexity index is 917. The number of rotatable bonds is 9. The van der Waals surface area contributed by atoms with Gasteiger partial charge in [0.05, 0.1) is 6.61 Å². The Morgan fingerprint density at radius 2 is 1.79 bits per heavy atom. The van der Waals surface area contributed by atoms with Crippen LogP contribution in [0.5, 0.6) is 11.6 Å². The second-order valence-electron chi connectivity index (χ2n) is 6.54. The highest BCUT2D eigenvalue weighted by Gasteiger charge is 2.13. The van der Waals surface area contributed by atoms with E-state index in [-0.39, 0.29) is 11.7 Å². The molecular weight excluding hydrogens is 371 g/mol. The van der Waals surface area contributed by atoms with E-state index in [1.54, 1.807) is 42.4 Å². The Labute approximate surface area is 169 Å². The maximum absolute atomic E-state index is 12.9. The van der Waals surface area contributed by atoms with Crippen LogP contribution in [-0.4, -0.2) is 36.0 Å². The van der Waals surface area contributed by atoms with Crippen molar-refractivity contribution in [2.24, 2.45) is 0 Å². The lowest BCUT2D eigenvalue weighted by Gasteiger charge is -2.17. The van der Waals surface area contributed by atoms with E-state index in [1.165, 1.54) is 12.1 Å². The zero-order valence-corrected chi connectivity index (χ0v) is 16.3. The maximum atomic E-state index is 12.9. The fourth-order valence-electron chi connectivity index (χ4n) is 2.70. The second-order valence-corrected chi connectivity index (χ2v) is 6.54. The molecule has 6 heteroatoms. The minimum Gasteiger partial charge on any atom is -0.494 e. The van der Waals surface area contributed by atoms with Crippen LogP contribution in [0.4, 0.5) is 4.39 Å². The number of aromatic nitrogens is 1. The van der Waals surface area contributed by atoms with Gasteiger partial charge in [0.25, 0.3) is 5.91 Å². The third kappa shape index (κ3) is 6.31. The Hall–Kier alpha value is -3.41. The summed E-state index contributed by atoms with van der Waals surface area (Å²) in [4.78, 5) is 18.4. The number of hydrogen-bond acceptors (Lipinski definition) is 4. The summed E-state index contributed by atoms with van der Waals surface area (Å²) in [6.45, 7) is 1.36. The van der Waals surface area contributed by atoms with Gasteiger partial charge in [0.15, 0.2) is 0 Å². The van der Waals surface area contributed by atoms with E-state index < -0.39 is 0 Å². The largest absolute Gasteiger partial charge is 0.494 e. The van der Waals surface area contributed by atoms with Gasteiger partial charge in [-0.05, 0) is 42.3 Å². The van der Waals surface area contributed by atoms with E-state index in [0.717, 1.165) is 5.56 Å². The molecule has 29 heavy (non-hydrogen) atoms. The molecule has 0 aliphatic heterocycles. The van der Waals surface area contributed by atoms with Gasteiger partial charge in [-0.1, -0.05) is 30.3 Å². The van der Waals surface area contributed by atoms with Gasteiger partial charge in [0.2, 0.25) is 5.88 Å².